The largest absolute Gasteiger partial charge is 0.393 e. The van der Waals surface area contributed by atoms with E-state index in [1.54, 1.807) is 6.08 Å². The fourth-order valence-corrected chi connectivity index (χ4v) is 4.08. The van der Waals surface area contributed by atoms with Gasteiger partial charge in [-0.3, -0.25) is 4.79 Å². The Morgan fingerprint density at radius 2 is 2.17 bits per heavy atom. The van der Waals surface area contributed by atoms with Crippen LogP contribution in [0.25, 0.3) is 5.57 Å². The highest BCUT2D eigenvalue weighted by molar-refractivity contribution is 6.32. The van der Waals surface area contributed by atoms with Crippen LogP contribution in [0.15, 0.2) is 30.3 Å². The van der Waals surface area contributed by atoms with Gasteiger partial charge in [-0.05, 0) is 37.0 Å². The summed E-state index contributed by atoms with van der Waals surface area (Å²) in [7, 11) is 0. The van der Waals surface area contributed by atoms with E-state index in [0.717, 1.165) is 30.4 Å². The molecule has 0 radical (unpaired) electrons. The molecule has 1 aliphatic heterocycles. The number of hydrogen-bond acceptors (Lipinski definition) is 3. The number of aliphatic hydroxyl groups excluding tert-OH is 1. The number of ether oxygens (including phenoxy) is 1. The number of aliphatic hydroxyl groups is 1. The van der Waals surface area contributed by atoms with Crippen molar-refractivity contribution in [3.05, 3.63) is 40.9 Å². The van der Waals surface area contributed by atoms with E-state index in [1.165, 1.54) is 0 Å². The average Bonchev–Trinajstić information content (AvgIpc) is 3.01. The molecule has 1 saturated carbocycles. The van der Waals surface area contributed by atoms with Crippen LogP contribution in [-0.4, -0.2) is 47.8 Å². The molecule has 1 N–H and O–H groups in total. The van der Waals surface area contributed by atoms with Gasteiger partial charge in [-0.2, -0.15) is 0 Å². The van der Waals surface area contributed by atoms with Gasteiger partial charge >= 0.3 is 0 Å². The van der Waals surface area contributed by atoms with Crippen molar-refractivity contribution in [2.45, 2.75) is 38.3 Å². The topological polar surface area (TPSA) is 49.8 Å². The highest BCUT2D eigenvalue weighted by atomic mass is 35.5. The Morgan fingerprint density at radius 1 is 1.38 bits per heavy atom. The monoisotopic (exact) mass is 349 g/mol. The molecule has 2 fully saturated rings. The molecule has 1 amide bonds. The maximum absolute atomic E-state index is 12.8. The molecule has 0 spiro atoms. The lowest BCUT2D eigenvalue weighted by Crippen LogP contribution is -2.53. The summed E-state index contributed by atoms with van der Waals surface area (Å²) in [5.41, 5.74) is 1.72. The normalized spacial score (nSPS) is 28.2. The lowest BCUT2D eigenvalue weighted by Gasteiger charge is -2.39. The minimum atomic E-state index is -0.333. The second kappa shape index (κ2) is 7.68. The van der Waals surface area contributed by atoms with Gasteiger partial charge in [-0.1, -0.05) is 36.2 Å². The van der Waals surface area contributed by atoms with Crippen molar-refractivity contribution in [1.29, 1.82) is 0 Å². The average molecular weight is 350 g/mol. The zero-order valence-electron chi connectivity index (χ0n) is 14.0. The van der Waals surface area contributed by atoms with Crippen LogP contribution >= 0.6 is 11.6 Å². The first kappa shape index (κ1) is 17.5. The van der Waals surface area contributed by atoms with Gasteiger partial charge in [0.05, 0.1) is 25.4 Å². The highest BCUT2D eigenvalue weighted by Crippen LogP contribution is 2.32. The number of nitrogens with zero attached hydrogens (tertiary/aromatic N) is 1. The van der Waals surface area contributed by atoms with Crippen molar-refractivity contribution in [3.63, 3.8) is 0 Å². The molecule has 1 heterocycles. The molecule has 1 aromatic rings. The third-order valence-corrected chi connectivity index (χ3v) is 5.44. The number of rotatable bonds is 3. The van der Waals surface area contributed by atoms with Gasteiger partial charge < -0.3 is 14.7 Å². The van der Waals surface area contributed by atoms with Crippen LogP contribution in [0, 0.1) is 5.92 Å². The molecule has 5 heteroatoms. The zero-order valence-corrected chi connectivity index (χ0v) is 14.7. The summed E-state index contributed by atoms with van der Waals surface area (Å²) in [5, 5.41) is 10.9. The van der Waals surface area contributed by atoms with Crippen LogP contribution in [0.1, 0.15) is 31.7 Å². The number of halogens is 1. The summed E-state index contributed by atoms with van der Waals surface area (Å²) >= 11 is 6.22. The highest BCUT2D eigenvalue weighted by Gasteiger charge is 2.39. The number of amides is 1. The Labute approximate surface area is 148 Å². The number of hydrogen-bond donors (Lipinski definition) is 1. The first-order valence-corrected chi connectivity index (χ1v) is 8.95. The molecule has 3 atom stereocenters. The lowest BCUT2D eigenvalue weighted by molar-refractivity contribution is -0.138. The first-order chi connectivity index (χ1) is 11.6. The maximum Gasteiger partial charge on any atom is 0.247 e. The molecule has 1 aromatic carbocycles. The van der Waals surface area contributed by atoms with Crippen LogP contribution in [0.4, 0.5) is 0 Å². The van der Waals surface area contributed by atoms with Crippen molar-refractivity contribution in [2.24, 2.45) is 5.92 Å². The maximum atomic E-state index is 12.8. The van der Waals surface area contributed by atoms with Gasteiger partial charge in [0.15, 0.2) is 0 Å². The van der Waals surface area contributed by atoms with Gasteiger partial charge in [0.1, 0.15) is 0 Å². The minimum Gasteiger partial charge on any atom is -0.393 e. The Kier molecular flexibility index (Phi) is 5.59. The van der Waals surface area contributed by atoms with E-state index < -0.39 is 0 Å². The number of carbonyl (C=O) groups excluding carboxylic acids is 1. The smallest absolute Gasteiger partial charge is 0.247 e. The molecule has 0 bridgehead atoms. The SMILES string of the molecule is CC(=CC(=O)N1CCOCC1C1CCCC1O)c1ccccc1Cl. The fourth-order valence-electron chi connectivity index (χ4n) is 3.80. The number of carbonyl (C=O) groups is 1. The second-order valence-corrected chi connectivity index (χ2v) is 7.05. The molecular formula is C19H24ClNO3. The second-order valence-electron chi connectivity index (χ2n) is 6.64. The Morgan fingerprint density at radius 3 is 2.88 bits per heavy atom. The van der Waals surface area contributed by atoms with Gasteiger partial charge in [0.2, 0.25) is 5.91 Å². The number of morpholine rings is 1. The summed E-state index contributed by atoms with van der Waals surface area (Å²) in [4.78, 5) is 14.7. The standard InChI is InChI=1S/C19H24ClNO3/c1-13(14-5-2-3-7-16(14)20)11-19(23)21-9-10-24-12-17(21)15-6-4-8-18(15)22/h2-3,5,7,11,15,17-18,22H,4,6,8-10,12H2,1H3. The van der Waals surface area contributed by atoms with E-state index in [4.69, 9.17) is 16.3 Å². The van der Waals surface area contributed by atoms with E-state index in [-0.39, 0.29) is 24.0 Å². The molecule has 1 aliphatic carbocycles. The van der Waals surface area contributed by atoms with Gasteiger partial charge in [-0.25, -0.2) is 0 Å². The summed E-state index contributed by atoms with van der Waals surface area (Å²) in [6.07, 6.45) is 4.10. The van der Waals surface area contributed by atoms with Crippen molar-refractivity contribution in [2.75, 3.05) is 19.8 Å². The molecule has 24 heavy (non-hydrogen) atoms. The molecule has 3 unspecified atom stereocenters. The van der Waals surface area contributed by atoms with Crippen molar-refractivity contribution < 1.29 is 14.6 Å². The Bertz CT molecular complexity index is 631. The molecular weight excluding hydrogens is 326 g/mol. The molecule has 3 rings (SSSR count). The van der Waals surface area contributed by atoms with Gasteiger partial charge in [0.25, 0.3) is 0 Å². The van der Waals surface area contributed by atoms with E-state index in [1.807, 2.05) is 36.1 Å². The van der Waals surface area contributed by atoms with Crippen LogP contribution in [-0.2, 0) is 9.53 Å². The predicted molar refractivity (Wildman–Crippen MR) is 94.8 cm³/mol. The van der Waals surface area contributed by atoms with Crippen molar-refractivity contribution in [1.82, 2.24) is 4.90 Å². The summed E-state index contributed by atoms with van der Waals surface area (Å²) in [6, 6.07) is 7.49. The molecule has 2 aliphatic rings. The van der Waals surface area contributed by atoms with Gasteiger partial charge in [-0.15, -0.1) is 0 Å². The zero-order chi connectivity index (χ0) is 17.1. The molecule has 1 saturated heterocycles. The number of benzene rings is 1. The summed E-state index contributed by atoms with van der Waals surface area (Å²) in [5.74, 6) is 0.0862. The van der Waals surface area contributed by atoms with Crippen molar-refractivity contribution >= 4 is 23.1 Å². The summed E-state index contributed by atoms with van der Waals surface area (Å²) < 4.78 is 5.59. The lowest BCUT2D eigenvalue weighted by atomic mass is 9.94. The van der Waals surface area contributed by atoms with Crippen molar-refractivity contribution in [3.8, 4) is 0 Å². The van der Waals surface area contributed by atoms with Crippen LogP contribution in [0.3, 0.4) is 0 Å². The third-order valence-electron chi connectivity index (χ3n) is 5.11. The van der Waals surface area contributed by atoms with Crippen LogP contribution < -0.4 is 0 Å². The molecule has 0 aromatic heterocycles. The van der Waals surface area contributed by atoms with Crippen LogP contribution in [0.5, 0.6) is 0 Å². The van der Waals surface area contributed by atoms with E-state index in [2.05, 4.69) is 0 Å². The summed E-state index contributed by atoms with van der Waals surface area (Å²) in [6.45, 7) is 3.52. The number of allylic oxidation sites excluding steroid dienone is 1. The fraction of sp³-hybridized carbons (Fsp3) is 0.526. The Balaban J connectivity index is 1.79. The van der Waals surface area contributed by atoms with E-state index in [0.29, 0.717) is 24.8 Å². The van der Waals surface area contributed by atoms with Gasteiger partial charge in [0, 0.05) is 23.6 Å². The van der Waals surface area contributed by atoms with E-state index in [9.17, 15) is 9.90 Å². The molecule has 130 valence electrons. The van der Waals surface area contributed by atoms with E-state index >= 15 is 0 Å². The quantitative estimate of drug-likeness (QED) is 0.853. The first-order valence-electron chi connectivity index (χ1n) is 8.57. The molecule has 4 nitrogen and oxygen atoms in total. The predicted octanol–water partition coefficient (Wildman–Crippen LogP) is 3.13. The minimum absolute atomic E-state index is 0.0279. The van der Waals surface area contributed by atoms with Crippen LogP contribution in [0.2, 0.25) is 5.02 Å². The third kappa shape index (κ3) is 3.66. The Hall–Kier alpha value is -1.36.